The molecule has 1 heterocycles. The van der Waals surface area contributed by atoms with Crippen LogP contribution in [0.25, 0.3) is 10.9 Å². The average molecular weight is 491 g/mol. The van der Waals surface area contributed by atoms with Crippen LogP contribution in [0, 0.1) is 13.8 Å². The minimum atomic E-state index is -1.07. The van der Waals surface area contributed by atoms with Crippen molar-refractivity contribution in [3.8, 4) is 0 Å². The van der Waals surface area contributed by atoms with Crippen molar-refractivity contribution in [1.29, 1.82) is 0 Å². The van der Waals surface area contributed by atoms with E-state index in [0.29, 0.717) is 22.4 Å². The number of anilines is 1. The number of para-hydroxylation sites is 2. The highest BCUT2D eigenvalue weighted by atomic mass is 16.5. The number of carbonyl (C=O) groups excluding carboxylic acids is 3. The summed E-state index contributed by atoms with van der Waals surface area (Å²) in [5, 5.41) is 5.84. The van der Waals surface area contributed by atoms with Gasteiger partial charge in [-0.15, -0.1) is 0 Å². The Hall–Kier alpha value is -4.01. The van der Waals surface area contributed by atoms with Crippen LogP contribution in [0.5, 0.6) is 0 Å². The number of ether oxygens (including phenoxy) is 1. The summed E-state index contributed by atoms with van der Waals surface area (Å²) in [5.74, 6) is -0.987. The van der Waals surface area contributed by atoms with Crippen LogP contribution in [0.2, 0.25) is 0 Å². The molecule has 0 bridgehead atoms. The number of hydrogen-bond acceptors (Lipinski definition) is 6. The highest BCUT2D eigenvalue weighted by molar-refractivity contribution is 5.96. The molecule has 9 heteroatoms. The van der Waals surface area contributed by atoms with Gasteiger partial charge in [-0.25, -0.2) is 4.98 Å². The number of hydrogen-bond donors (Lipinski definition) is 2. The van der Waals surface area contributed by atoms with Gasteiger partial charge >= 0.3 is 5.97 Å². The molecule has 0 saturated heterocycles. The first kappa shape index (κ1) is 25.1. The summed E-state index contributed by atoms with van der Waals surface area (Å²) in [4.78, 5) is 54.6. The SMILES string of the molecule is Cc1cccc(C)c1NC(=O)CNC(=O)C(C)OC(=O)CCc1nc2ccccc2c(=O)n1C1CC1. The predicted octanol–water partition coefficient (Wildman–Crippen LogP) is 2.97. The number of fused-ring (bicyclic) bond motifs is 1. The molecule has 0 aliphatic heterocycles. The van der Waals surface area contributed by atoms with Crippen LogP contribution < -0.4 is 16.2 Å². The first-order valence-corrected chi connectivity index (χ1v) is 12.1. The van der Waals surface area contributed by atoms with Gasteiger partial charge in [-0.05, 0) is 56.9 Å². The number of carbonyl (C=O) groups is 3. The molecule has 1 saturated carbocycles. The monoisotopic (exact) mass is 490 g/mol. The molecular formula is C27H30N4O5. The van der Waals surface area contributed by atoms with E-state index in [0.717, 1.165) is 24.0 Å². The average Bonchev–Trinajstić information content (AvgIpc) is 3.69. The van der Waals surface area contributed by atoms with Crippen LogP contribution in [0.4, 0.5) is 5.69 Å². The second kappa shape index (κ2) is 10.7. The molecule has 1 atom stereocenters. The molecule has 1 unspecified atom stereocenters. The van der Waals surface area contributed by atoms with E-state index < -0.39 is 18.0 Å². The van der Waals surface area contributed by atoms with Crippen LogP contribution in [0.15, 0.2) is 47.3 Å². The zero-order valence-corrected chi connectivity index (χ0v) is 20.7. The molecule has 1 aliphatic carbocycles. The number of amides is 2. The summed E-state index contributed by atoms with van der Waals surface area (Å²) in [7, 11) is 0. The molecule has 2 aromatic carbocycles. The Morgan fingerprint density at radius 1 is 1.08 bits per heavy atom. The molecule has 36 heavy (non-hydrogen) atoms. The van der Waals surface area contributed by atoms with Crippen molar-refractivity contribution in [2.75, 3.05) is 11.9 Å². The third-order valence-corrected chi connectivity index (χ3v) is 6.19. The molecule has 0 radical (unpaired) electrons. The van der Waals surface area contributed by atoms with E-state index in [1.54, 1.807) is 22.8 Å². The third kappa shape index (κ3) is 5.79. The van der Waals surface area contributed by atoms with Gasteiger partial charge in [0.2, 0.25) is 5.91 Å². The molecule has 3 aromatic rings. The van der Waals surface area contributed by atoms with Gasteiger partial charge in [0.25, 0.3) is 11.5 Å². The Morgan fingerprint density at radius 2 is 1.78 bits per heavy atom. The molecule has 1 aliphatic rings. The molecule has 188 valence electrons. The maximum atomic E-state index is 12.9. The van der Waals surface area contributed by atoms with Crippen molar-refractivity contribution in [3.63, 3.8) is 0 Å². The Balaban J connectivity index is 1.30. The fourth-order valence-corrected chi connectivity index (χ4v) is 4.11. The summed E-state index contributed by atoms with van der Waals surface area (Å²) in [6.45, 7) is 4.98. The third-order valence-electron chi connectivity index (χ3n) is 6.19. The second-order valence-electron chi connectivity index (χ2n) is 9.12. The van der Waals surface area contributed by atoms with Gasteiger partial charge in [0.05, 0.1) is 23.9 Å². The highest BCUT2D eigenvalue weighted by Gasteiger charge is 2.28. The molecule has 2 amide bonds. The quantitative estimate of drug-likeness (QED) is 0.445. The standard InChI is InChI=1S/C27H30N4O5/c1-16-7-6-8-17(2)25(16)30-23(32)15-28-26(34)18(3)36-24(33)14-13-22-29-21-10-5-4-9-20(21)27(35)31(22)19-11-12-19/h4-10,18-19H,11-15H2,1-3H3,(H,28,34)(H,30,32). The lowest BCUT2D eigenvalue weighted by atomic mass is 10.1. The van der Waals surface area contributed by atoms with Crippen molar-refractivity contribution < 1.29 is 19.1 Å². The normalized spacial score (nSPS) is 13.8. The van der Waals surface area contributed by atoms with Crippen LogP contribution in [-0.4, -0.2) is 40.0 Å². The van der Waals surface area contributed by atoms with Crippen LogP contribution >= 0.6 is 0 Å². The minimum absolute atomic E-state index is 0.0256. The Kier molecular flexibility index (Phi) is 7.47. The highest BCUT2D eigenvalue weighted by Crippen LogP contribution is 2.35. The summed E-state index contributed by atoms with van der Waals surface area (Å²) in [5.41, 5.74) is 3.05. The topological polar surface area (TPSA) is 119 Å². The second-order valence-corrected chi connectivity index (χ2v) is 9.12. The van der Waals surface area contributed by atoms with Gasteiger partial charge in [-0.1, -0.05) is 30.3 Å². The fraction of sp³-hybridized carbons (Fsp3) is 0.370. The van der Waals surface area contributed by atoms with Crippen LogP contribution in [0.3, 0.4) is 0 Å². The van der Waals surface area contributed by atoms with Crippen molar-refractivity contribution in [2.24, 2.45) is 0 Å². The maximum Gasteiger partial charge on any atom is 0.307 e. The van der Waals surface area contributed by atoms with Gasteiger partial charge in [0.15, 0.2) is 6.10 Å². The van der Waals surface area contributed by atoms with Crippen molar-refractivity contribution in [2.45, 2.75) is 58.6 Å². The molecule has 2 N–H and O–H groups in total. The first-order valence-electron chi connectivity index (χ1n) is 12.1. The number of rotatable bonds is 9. The van der Waals surface area contributed by atoms with E-state index in [1.165, 1.54) is 6.92 Å². The lowest BCUT2D eigenvalue weighted by molar-refractivity contribution is -0.154. The minimum Gasteiger partial charge on any atom is -0.453 e. The Labute approximate surface area is 208 Å². The van der Waals surface area contributed by atoms with E-state index in [4.69, 9.17) is 4.74 Å². The van der Waals surface area contributed by atoms with Crippen LogP contribution in [0.1, 0.15) is 49.2 Å². The first-order chi connectivity index (χ1) is 17.2. The summed E-state index contributed by atoms with van der Waals surface area (Å²) < 4.78 is 6.94. The van der Waals surface area contributed by atoms with Gasteiger partial charge in [-0.3, -0.25) is 23.7 Å². The van der Waals surface area contributed by atoms with Crippen molar-refractivity contribution in [3.05, 3.63) is 69.8 Å². The molecule has 1 fully saturated rings. The number of nitrogens with zero attached hydrogens (tertiary/aromatic N) is 2. The van der Waals surface area contributed by atoms with E-state index in [1.807, 2.05) is 38.1 Å². The molecule has 1 aromatic heterocycles. The van der Waals surface area contributed by atoms with E-state index in [9.17, 15) is 19.2 Å². The van der Waals surface area contributed by atoms with E-state index >= 15 is 0 Å². The predicted molar refractivity (Wildman–Crippen MR) is 136 cm³/mol. The molecule has 9 nitrogen and oxygen atoms in total. The van der Waals surface area contributed by atoms with Crippen LogP contribution in [-0.2, 0) is 25.5 Å². The van der Waals surface area contributed by atoms with Gasteiger partial charge < -0.3 is 15.4 Å². The number of nitrogens with one attached hydrogen (secondary N) is 2. The molecule has 4 rings (SSSR count). The maximum absolute atomic E-state index is 12.9. The largest absolute Gasteiger partial charge is 0.453 e. The summed E-state index contributed by atoms with van der Waals surface area (Å²) >= 11 is 0. The number of aromatic nitrogens is 2. The number of benzene rings is 2. The lowest BCUT2D eigenvalue weighted by Crippen LogP contribution is -2.40. The smallest absolute Gasteiger partial charge is 0.307 e. The summed E-state index contributed by atoms with van der Waals surface area (Å²) in [6, 6.07) is 12.9. The van der Waals surface area contributed by atoms with E-state index in [-0.39, 0.29) is 36.9 Å². The zero-order chi connectivity index (χ0) is 25.8. The van der Waals surface area contributed by atoms with Crippen molar-refractivity contribution >= 4 is 34.4 Å². The van der Waals surface area contributed by atoms with Gasteiger partial charge in [-0.2, -0.15) is 0 Å². The lowest BCUT2D eigenvalue weighted by Gasteiger charge is -2.15. The van der Waals surface area contributed by atoms with Gasteiger partial charge in [0.1, 0.15) is 5.82 Å². The number of esters is 1. The zero-order valence-electron chi connectivity index (χ0n) is 20.7. The Bertz CT molecular complexity index is 1360. The molecular weight excluding hydrogens is 460 g/mol. The Morgan fingerprint density at radius 3 is 2.47 bits per heavy atom. The summed E-state index contributed by atoms with van der Waals surface area (Å²) in [6.07, 6.45) is 0.946. The molecule has 0 spiro atoms. The van der Waals surface area contributed by atoms with E-state index in [2.05, 4.69) is 15.6 Å². The fourth-order valence-electron chi connectivity index (χ4n) is 4.11. The number of aryl methyl sites for hydroxylation is 3. The van der Waals surface area contributed by atoms with Crippen molar-refractivity contribution in [1.82, 2.24) is 14.9 Å². The van der Waals surface area contributed by atoms with Gasteiger partial charge in [0, 0.05) is 18.2 Å².